The van der Waals surface area contributed by atoms with Crippen molar-refractivity contribution in [1.29, 1.82) is 0 Å². The number of nitrogens with zero attached hydrogens (tertiary/aromatic N) is 1. The summed E-state index contributed by atoms with van der Waals surface area (Å²) in [5, 5.41) is 5.91. The van der Waals surface area contributed by atoms with Crippen LogP contribution in [0.3, 0.4) is 0 Å². The number of hydrogen-bond acceptors (Lipinski definition) is 3. The third-order valence-corrected chi connectivity index (χ3v) is 6.39. The molecule has 0 radical (unpaired) electrons. The smallest absolute Gasteiger partial charge is 0.315 e. The number of halogens is 2. The average molecular weight is 461 g/mol. The van der Waals surface area contributed by atoms with Crippen LogP contribution in [0, 0.1) is 0 Å². The summed E-state index contributed by atoms with van der Waals surface area (Å²) in [7, 11) is -0.648. The molecule has 2 rings (SSSR count). The molecule has 6 nitrogen and oxygen atoms in total. The minimum Gasteiger partial charge on any atom is -0.334 e. The van der Waals surface area contributed by atoms with Crippen LogP contribution < -0.4 is 10.6 Å². The van der Waals surface area contributed by atoms with Gasteiger partial charge in [-0.25, -0.2) is 17.5 Å². The minimum atomic E-state index is -3.58. The van der Waals surface area contributed by atoms with E-state index >= 15 is 0 Å². The lowest BCUT2D eigenvalue weighted by atomic mass is 10.2. The van der Waals surface area contributed by atoms with E-state index in [4.69, 9.17) is 11.6 Å². The highest BCUT2D eigenvalue weighted by molar-refractivity contribution is 9.10. The minimum absolute atomic E-state index is 0.0865. The van der Waals surface area contributed by atoms with Gasteiger partial charge in [0, 0.05) is 36.7 Å². The molecule has 140 valence electrons. The fourth-order valence-electron chi connectivity index (χ4n) is 2.18. The fourth-order valence-corrected chi connectivity index (χ4v) is 4.03. The van der Waals surface area contributed by atoms with Crippen LogP contribution in [0.2, 0.25) is 5.02 Å². The van der Waals surface area contributed by atoms with E-state index in [0.717, 1.165) is 14.3 Å². The largest absolute Gasteiger partial charge is 0.334 e. The van der Waals surface area contributed by atoms with Crippen LogP contribution in [0.5, 0.6) is 0 Å². The van der Waals surface area contributed by atoms with Crippen molar-refractivity contribution in [3.63, 3.8) is 0 Å². The zero-order valence-electron chi connectivity index (χ0n) is 14.3. The Morgan fingerprint density at radius 1 is 1.08 bits per heavy atom. The Hall–Kier alpha value is -1.61. The molecule has 0 saturated heterocycles. The highest BCUT2D eigenvalue weighted by Crippen LogP contribution is 2.21. The molecule has 0 atom stereocenters. The van der Waals surface area contributed by atoms with Crippen LogP contribution in [-0.2, 0) is 23.1 Å². The van der Waals surface area contributed by atoms with Gasteiger partial charge >= 0.3 is 6.03 Å². The highest BCUT2D eigenvalue weighted by atomic mass is 79.9. The Labute approximate surface area is 166 Å². The molecular weight excluding hydrogens is 442 g/mol. The zero-order chi connectivity index (χ0) is 19.3. The molecular formula is C17H19BrClN3O3S. The Morgan fingerprint density at radius 3 is 2.31 bits per heavy atom. The van der Waals surface area contributed by atoms with Crippen molar-refractivity contribution >= 4 is 43.6 Å². The van der Waals surface area contributed by atoms with Gasteiger partial charge in [-0.05, 0) is 29.3 Å². The molecule has 0 aliphatic carbocycles. The van der Waals surface area contributed by atoms with Crippen LogP contribution in [0.4, 0.5) is 4.79 Å². The molecule has 0 heterocycles. The van der Waals surface area contributed by atoms with E-state index < -0.39 is 16.1 Å². The van der Waals surface area contributed by atoms with Gasteiger partial charge < -0.3 is 10.6 Å². The SMILES string of the molecule is CN(C)S(=O)(=O)c1ccccc1CNC(=O)NCc1ccc(Br)cc1Cl. The van der Waals surface area contributed by atoms with Gasteiger partial charge in [-0.15, -0.1) is 0 Å². The van der Waals surface area contributed by atoms with Gasteiger partial charge in [0.2, 0.25) is 10.0 Å². The Kier molecular flexibility index (Phi) is 7.05. The van der Waals surface area contributed by atoms with Crippen LogP contribution in [0.15, 0.2) is 51.8 Å². The van der Waals surface area contributed by atoms with Crippen molar-refractivity contribution in [2.24, 2.45) is 0 Å². The lowest BCUT2D eigenvalue weighted by Gasteiger charge is -2.15. The summed E-state index contributed by atoms with van der Waals surface area (Å²) < 4.78 is 26.7. The maximum absolute atomic E-state index is 12.4. The number of carbonyl (C=O) groups excluding carboxylic acids is 1. The summed E-state index contributed by atoms with van der Waals surface area (Å²) in [4.78, 5) is 12.2. The third-order valence-electron chi connectivity index (χ3n) is 3.63. The molecule has 2 N–H and O–H groups in total. The second kappa shape index (κ2) is 8.85. The van der Waals surface area contributed by atoms with Gasteiger partial charge in [0.05, 0.1) is 4.90 Å². The molecule has 0 bridgehead atoms. The predicted molar refractivity (Wildman–Crippen MR) is 106 cm³/mol. The van der Waals surface area contributed by atoms with Crippen LogP contribution in [0.25, 0.3) is 0 Å². The second-order valence-electron chi connectivity index (χ2n) is 5.67. The molecule has 2 amide bonds. The van der Waals surface area contributed by atoms with Crippen LogP contribution in [-0.4, -0.2) is 32.8 Å². The first kappa shape index (κ1) is 20.7. The van der Waals surface area contributed by atoms with E-state index in [1.807, 2.05) is 12.1 Å². The quantitative estimate of drug-likeness (QED) is 0.694. The van der Waals surface area contributed by atoms with Crippen molar-refractivity contribution in [2.75, 3.05) is 14.1 Å². The number of hydrogen-bond donors (Lipinski definition) is 2. The molecule has 0 saturated carbocycles. The van der Waals surface area contributed by atoms with E-state index in [9.17, 15) is 13.2 Å². The van der Waals surface area contributed by atoms with Crippen LogP contribution >= 0.6 is 27.5 Å². The van der Waals surface area contributed by atoms with E-state index in [1.165, 1.54) is 20.2 Å². The summed E-state index contributed by atoms with van der Waals surface area (Å²) in [5.41, 5.74) is 1.29. The van der Waals surface area contributed by atoms with Gasteiger partial charge in [-0.3, -0.25) is 0 Å². The first-order chi connectivity index (χ1) is 12.2. The van der Waals surface area contributed by atoms with Gasteiger partial charge in [0.25, 0.3) is 0 Å². The zero-order valence-corrected chi connectivity index (χ0v) is 17.5. The number of nitrogens with one attached hydrogen (secondary N) is 2. The second-order valence-corrected chi connectivity index (χ2v) is 9.11. The summed E-state index contributed by atoms with van der Waals surface area (Å²) >= 11 is 9.44. The summed E-state index contributed by atoms with van der Waals surface area (Å²) in [6.07, 6.45) is 0. The van der Waals surface area contributed by atoms with Gasteiger partial charge in [0.15, 0.2) is 0 Å². The average Bonchev–Trinajstić information content (AvgIpc) is 2.59. The van der Waals surface area contributed by atoms with E-state index in [0.29, 0.717) is 10.6 Å². The molecule has 0 aromatic heterocycles. The molecule has 0 spiro atoms. The van der Waals surface area contributed by atoms with Crippen molar-refractivity contribution in [3.8, 4) is 0 Å². The topological polar surface area (TPSA) is 78.5 Å². The van der Waals surface area contributed by atoms with Gasteiger partial charge in [-0.2, -0.15) is 0 Å². The summed E-state index contributed by atoms with van der Waals surface area (Å²) in [6, 6.07) is 11.5. The van der Waals surface area contributed by atoms with E-state index in [2.05, 4.69) is 26.6 Å². The van der Waals surface area contributed by atoms with E-state index in [-0.39, 0.29) is 18.0 Å². The molecule has 2 aromatic carbocycles. The predicted octanol–water partition coefficient (Wildman–Crippen LogP) is 3.35. The number of sulfonamides is 1. The molecule has 0 aliphatic rings. The fraction of sp³-hybridized carbons (Fsp3) is 0.235. The highest BCUT2D eigenvalue weighted by Gasteiger charge is 2.20. The Morgan fingerprint density at radius 2 is 1.69 bits per heavy atom. The molecule has 0 unspecified atom stereocenters. The van der Waals surface area contributed by atoms with Crippen LogP contribution in [0.1, 0.15) is 11.1 Å². The number of rotatable bonds is 6. The number of urea groups is 1. The first-order valence-electron chi connectivity index (χ1n) is 7.68. The first-order valence-corrected chi connectivity index (χ1v) is 10.3. The Balaban J connectivity index is 2.00. The normalized spacial score (nSPS) is 11.4. The summed E-state index contributed by atoms with van der Waals surface area (Å²) in [5.74, 6) is 0. The lowest BCUT2D eigenvalue weighted by Crippen LogP contribution is -2.35. The molecule has 2 aromatic rings. The molecule has 26 heavy (non-hydrogen) atoms. The standard InChI is InChI=1S/C17H19BrClN3O3S/c1-22(2)26(24,25)16-6-4-3-5-13(16)11-21-17(23)20-10-12-7-8-14(18)9-15(12)19/h3-9H,10-11H2,1-2H3,(H2,20,21,23). The van der Waals surface area contributed by atoms with Crippen molar-refractivity contribution in [2.45, 2.75) is 18.0 Å². The molecule has 9 heteroatoms. The third kappa shape index (κ3) is 5.20. The van der Waals surface area contributed by atoms with Crippen molar-refractivity contribution in [1.82, 2.24) is 14.9 Å². The number of carbonyl (C=O) groups is 1. The van der Waals surface area contributed by atoms with Crippen molar-refractivity contribution < 1.29 is 13.2 Å². The Bertz CT molecular complexity index is 904. The maximum Gasteiger partial charge on any atom is 0.315 e. The summed E-state index contributed by atoms with van der Waals surface area (Å²) in [6.45, 7) is 0.346. The van der Waals surface area contributed by atoms with Gasteiger partial charge in [-0.1, -0.05) is 51.8 Å². The molecule has 0 aliphatic heterocycles. The van der Waals surface area contributed by atoms with Gasteiger partial charge in [0.1, 0.15) is 0 Å². The lowest BCUT2D eigenvalue weighted by molar-refractivity contribution is 0.240. The number of benzene rings is 2. The van der Waals surface area contributed by atoms with E-state index in [1.54, 1.807) is 24.3 Å². The van der Waals surface area contributed by atoms with Crippen molar-refractivity contribution in [3.05, 3.63) is 63.1 Å². The molecule has 0 fully saturated rings. The maximum atomic E-state index is 12.4. The number of amides is 2. The monoisotopic (exact) mass is 459 g/mol.